The summed E-state index contributed by atoms with van der Waals surface area (Å²) in [6, 6.07) is 2.27. The van der Waals surface area contributed by atoms with Crippen LogP contribution in [0.4, 0.5) is 0 Å². The van der Waals surface area contributed by atoms with E-state index in [0.29, 0.717) is 0 Å². The first-order chi connectivity index (χ1) is 7.91. The van der Waals surface area contributed by atoms with Gasteiger partial charge in [0, 0.05) is 13.2 Å². The van der Waals surface area contributed by atoms with Gasteiger partial charge in [0.1, 0.15) is 0 Å². The fourth-order valence-electron chi connectivity index (χ4n) is 2.72. The maximum atomic E-state index is 6.22. The summed E-state index contributed by atoms with van der Waals surface area (Å²) >= 11 is 0. The average molecular weight is 307 g/mol. The van der Waals surface area contributed by atoms with E-state index in [1.54, 1.807) is 0 Å². The monoisotopic (exact) mass is 306 g/mol. The Morgan fingerprint density at radius 3 is 1.65 bits per heavy atom. The van der Waals surface area contributed by atoms with Gasteiger partial charge < -0.3 is 17.1 Å². The minimum absolute atomic E-state index is 0.901. The standard InChI is InChI=1S/C9H22O4Si4/c1-14-10-5-7-16(3,12-14)9-17(4)8-6-11-15(2)13-17/h5-9H2,1-4H3. The highest BCUT2D eigenvalue weighted by Crippen LogP contribution is 2.33. The van der Waals surface area contributed by atoms with Gasteiger partial charge in [-0.05, 0) is 43.9 Å². The summed E-state index contributed by atoms with van der Waals surface area (Å²) in [6.07, 6.45) is 0. The van der Waals surface area contributed by atoms with Crippen LogP contribution >= 0.6 is 0 Å². The lowest BCUT2D eigenvalue weighted by molar-refractivity contribution is 0.245. The van der Waals surface area contributed by atoms with Crippen molar-refractivity contribution in [2.45, 2.75) is 43.9 Å². The lowest BCUT2D eigenvalue weighted by atomic mass is 10.9. The third-order valence-electron chi connectivity index (χ3n) is 3.40. The van der Waals surface area contributed by atoms with Crippen LogP contribution < -0.4 is 0 Å². The normalized spacial score (nSPS) is 41.6. The van der Waals surface area contributed by atoms with Crippen molar-refractivity contribution >= 4 is 35.2 Å². The quantitative estimate of drug-likeness (QED) is 0.731. The molecule has 0 spiro atoms. The second-order valence-electron chi connectivity index (χ2n) is 5.46. The second-order valence-corrected chi connectivity index (χ2v) is 17.9. The van der Waals surface area contributed by atoms with E-state index in [9.17, 15) is 0 Å². The zero-order valence-electron chi connectivity index (χ0n) is 11.2. The molecule has 8 heteroatoms. The molecule has 0 saturated carbocycles. The second kappa shape index (κ2) is 5.37. The predicted octanol–water partition coefficient (Wildman–Crippen LogP) is 2.01. The Balaban J connectivity index is 1.98. The smallest absolute Gasteiger partial charge is 0.370 e. The van der Waals surface area contributed by atoms with Crippen molar-refractivity contribution in [3.8, 4) is 0 Å². The Bertz CT molecular complexity index is 256. The van der Waals surface area contributed by atoms with Gasteiger partial charge in [0.25, 0.3) is 0 Å². The number of rotatable bonds is 2. The predicted molar refractivity (Wildman–Crippen MR) is 75.0 cm³/mol. The molecule has 2 heterocycles. The van der Waals surface area contributed by atoms with Gasteiger partial charge >= 0.3 is 18.6 Å². The molecule has 2 aliphatic rings. The lowest BCUT2D eigenvalue weighted by Gasteiger charge is -2.42. The van der Waals surface area contributed by atoms with Gasteiger partial charge in [0.05, 0.1) is 0 Å². The zero-order chi connectivity index (χ0) is 12.5. The van der Waals surface area contributed by atoms with Gasteiger partial charge in [-0.25, -0.2) is 0 Å². The molecular formula is C9H22O4Si4. The Labute approximate surface area is 110 Å². The molecule has 98 valence electrons. The van der Waals surface area contributed by atoms with Crippen molar-refractivity contribution in [3.63, 3.8) is 0 Å². The first-order valence-corrected chi connectivity index (χ1v) is 15.5. The van der Waals surface area contributed by atoms with Crippen molar-refractivity contribution in [1.29, 1.82) is 0 Å². The minimum atomic E-state index is -1.57. The molecule has 17 heavy (non-hydrogen) atoms. The summed E-state index contributed by atoms with van der Waals surface area (Å²) in [5, 5.41) is 0. The summed E-state index contributed by atoms with van der Waals surface area (Å²) < 4.78 is 23.6. The summed E-state index contributed by atoms with van der Waals surface area (Å²) in [5.74, 6) is 0. The van der Waals surface area contributed by atoms with Crippen LogP contribution in [-0.2, 0) is 17.1 Å². The Hall–Kier alpha value is 0.708. The Morgan fingerprint density at radius 1 is 0.882 bits per heavy atom. The van der Waals surface area contributed by atoms with Crippen LogP contribution in [0.15, 0.2) is 0 Å². The molecule has 4 nitrogen and oxygen atoms in total. The molecule has 2 rings (SSSR count). The molecular weight excluding hydrogens is 284 g/mol. The SMILES string of the molecule is C[Si]1OCC[Si](C)(C[Si]2(C)CCO[Si](C)O2)O1. The van der Waals surface area contributed by atoms with Crippen LogP contribution in [0.3, 0.4) is 0 Å². The van der Waals surface area contributed by atoms with Gasteiger partial charge in [-0.15, -0.1) is 0 Å². The highest BCUT2D eigenvalue weighted by Gasteiger charge is 2.46. The van der Waals surface area contributed by atoms with Crippen molar-refractivity contribution in [2.75, 3.05) is 13.2 Å². The third kappa shape index (κ3) is 3.83. The first kappa shape index (κ1) is 14.1. The van der Waals surface area contributed by atoms with Crippen LogP contribution in [0.2, 0.25) is 43.9 Å². The van der Waals surface area contributed by atoms with Crippen molar-refractivity contribution in [2.24, 2.45) is 0 Å². The van der Waals surface area contributed by atoms with Crippen LogP contribution in [-0.4, -0.2) is 48.4 Å². The highest BCUT2D eigenvalue weighted by atomic mass is 28.5. The van der Waals surface area contributed by atoms with Crippen molar-refractivity contribution in [3.05, 3.63) is 0 Å². The summed E-state index contributed by atoms with van der Waals surface area (Å²) in [5.41, 5.74) is 1.22. The molecule has 0 aliphatic carbocycles. The van der Waals surface area contributed by atoms with Gasteiger partial charge in [0.2, 0.25) is 0 Å². The zero-order valence-corrected chi connectivity index (χ0v) is 15.2. The van der Waals surface area contributed by atoms with E-state index in [0.717, 1.165) is 25.3 Å². The third-order valence-corrected chi connectivity index (χ3v) is 19.4. The maximum absolute atomic E-state index is 6.22. The summed E-state index contributed by atoms with van der Waals surface area (Å²) in [7, 11) is -5.11. The summed E-state index contributed by atoms with van der Waals surface area (Å²) in [6.45, 7) is 10.8. The average Bonchev–Trinajstić information content (AvgIpc) is 2.14. The van der Waals surface area contributed by atoms with Gasteiger partial charge in [-0.2, -0.15) is 0 Å². The molecule has 0 N–H and O–H groups in total. The van der Waals surface area contributed by atoms with Crippen LogP contribution in [0.5, 0.6) is 0 Å². The molecule has 0 amide bonds. The molecule has 2 radical (unpaired) electrons. The van der Waals surface area contributed by atoms with Crippen LogP contribution in [0.1, 0.15) is 0 Å². The van der Waals surface area contributed by atoms with E-state index < -0.39 is 35.2 Å². The topological polar surface area (TPSA) is 36.9 Å². The highest BCUT2D eigenvalue weighted by molar-refractivity contribution is 6.94. The molecule has 2 fully saturated rings. The van der Waals surface area contributed by atoms with E-state index >= 15 is 0 Å². The van der Waals surface area contributed by atoms with E-state index in [4.69, 9.17) is 17.1 Å². The largest absolute Gasteiger partial charge is 0.435 e. The molecule has 2 unspecified atom stereocenters. The molecule has 2 atom stereocenters. The molecule has 0 aromatic heterocycles. The Morgan fingerprint density at radius 2 is 1.29 bits per heavy atom. The molecule has 2 aliphatic heterocycles. The van der Waals surface area contributed by atoms with E-state index in [-0.39, 0.29) is 0 Å². The fourth-order valence-corrected chi connectivity index (χ4v) is 21.4. The fraction of sp³-hybridized carbons (Fsp3) is 1.00. The van der Waals surface area contributed by atoms with Gasteiger partial charge in [-0.1, -0.05) is 0 Å². The number of hydrogen-bond donors (Lipinski definition) is 0. The van der Waals surface area contributed by atoms with E-state index in [2.05, 4.69) is 26.2 Å². The first-order valence-electron chi connectivity index (χ1n) is 6.22. The van der Waals surface area contributed by atoms with E-state index in [1.165, 1.54) is 5.67 Å². The minimum Gasteiger partial charge on any atom is -0.435 e. The van der Waals surface area contributed by atoms with Gasteiger partial charge in [-0.3, -0.25) is 0 Å². The van der Waals surface area contributed by atoms with Crippen LogP contribution in [0, 0.1) is 0 Å². The molecule has 0 aromatic carbocycles. The van der Waals surface area contributed by atoms with Crippen LogP contribution in [0.25, 0.3) is 0 Å². The summed E-state index contributed by atoms with van der Waals surface area (Å²) in [4.78, 5) is 0. The molecule has 0 bridgehead atoms. The number of hydrogen-bond acceptors (Lipinski definition) is 4. The maximum Gasteiger partial charge on any atom is 0.370 e. The lowest BCUT2D eigenvalue weighted by Crippen LogP contribution is -2.56. The molecule has 0 aromatic rings. The van der Waals surface area contributed by atoms with Crippen molar-refractivity contribution < 1.29 is 17.1 Å². The van der Waals surface area contributed by atoms with Gasteiger partial charge in [0.15, 0.2) is 16.6 Å². The Kier molecular flexibility index (Phi) is 4.46. The van der Waals surface area contributed by atoms with E-state index in [1.807, 2.05) is 0 Å². The molecule has 2 saturated heterocycles. The van der Waals surface area contributed by atoms with Crippen molar-refractivity contribution in [1.82, 2.24) is 0 Å².